The highest BCUT2D eigenvalue weighted by Gasteiger charge is 2.10. The van der Waals surface area contributed by atoms with Gasteiger partial charge in [-0.2, -0.15) is 0 Å². The summed E-state index contributed by atoms with van der Waals surface area (Å²) in [5.74, 6) is 0.235. The fourth-order valence-electron chi connectivity index (χ4n) is 2.81. The van der Waals surface area contributed by atoms with E-state index in [-0.39, 0.29) is 11.8 Å². The van der Waals surface area contributed by atoms with Crippen LogP contribution >= 0.6 is 0 Å². The number of hydrogen-bond acceptors (Lipinski definition) is 4. The van der Waals surface area contributed by atoms with Crippen molar-refractivity contribution in [2.45, 2.75) is 6.92 Å². The molecule has 0 radical (unpaired) electrons. The van der Waals surface area contributed by atoms with Gasteiger partial charge in [0.25, 0.3) is 0 Å². The van der Waals surface area contributed by atoms with Gasteiger partial charge in [0.05, 0.1) is 6.54 Å². The van der Waals surface area contributed by atoms with Crippen molar-refractivity contribution in [3.05, 3.63) is 54.1 Å². The summed E-state index contributed by atoms with van der Waals surface area (Å²) in [6.07, 6.45) is 0. The number of nitrogens with zero attached hydrogens (tertiary/aromatic N) is 1. The quantitative estimate of drug-likeness (QED) is 0.318. The Morgan fingerprint density at radius 2 is 1.50 bits per heavy atom. The summed E-state index contributed by atoms with van der Waals surface area (Å²) in [7, 11) is 3.75. The summed E-state index contributed by atoms with van der Waals surface area (Å²) in [5.41, 5.74) is 0.682. The van der Waals surface area contributed by atoms with Crippen molar-refractivity contribution in [1.29, 1.82) is 0 Å². The van der Waals surface area contributed by atoms with Crippen LogP contribution in [0.5, 0.6) is 5.75 Å². The molecule has 0 saturated heterocycles. The van der Waals surface area contributed by atoms with Crippen LogP contribution in [-0.4, -0.2) is 37.3 Å². The monoisotopic (exact) mass is 321 g/mol. The van der Waals surface area contributed by atoms with E-state index in [1.165, 1.54) is 6.92 Å². The highest BCUT2D eigenvalue weighted by molar-refractivity contribution is 6.11. The molecule has 0 heterocycles. The van der Waals surface area contributed by atoms with E-state index in [0.29, 0.717) is 17.9 Å². The van der Waals surface area contributed by atoms with Crippen LogP contribution < -0.4 is 4.74 Å². The number of benzene rings is 3. The summed E-state index contributed by atoms with van der Waals surface area (Å²) < 4.78 is 5.19. The first kappa shape index (κ1) is 16.1. The van der Waals surface area contributed by atoms with Crippen molar-refractivity contribution in [3.63, 3.8) is 0 Å². The Kier molecular flexibility index (Phi) is 4.32. The highest BCUT2D eigenvalue weighted by atomic mass is 16.5. The molecule has 0 aromatic heterocycles. The van der Waals surface area contributed by atoms with Gasteiger partial charge in [0.15, 0.2) is 5.78 Å². The van der Waals surface area contributed by atoms with Crippen LogP contribution in [-0.2, 0) is 4.79 Å². The van der Waals surface area contributed by atoms with Gasteiger partial charge in [-0.15, -0.1) is 0 Å². The Bertz CT molecular complexity index is 944. The number of ketones is 1. The average molecular weight is 321 g/mol. The summed E-state index contributed by atoms with van der Waals surface area (Å²) in [6.45, 7) is 1.75. The molecule has 0 amide bonds. The third kappa shape index (κ3) is 3.29. The van der Waals surface area contributed by atoms with Gasteiger partial charge in [-0.3, -0.25) is 9.59 Å². The maximum Gasteiger partial charge on any atom is 0.308 e. The summed E-state index contributed by atoms with van der Waals surface area (Å²) >= 11 is 0. The van der Waals surface area contributed by atoms with Crippen molar-refractivity contribution in [3.8, 4) is 5.75 Å². The minimum Gasteiger partial charge on any atom is -0.427 e. The second-order valence-corrected chi connectivity index (χ2v) is 6.14. The largest absolute Gasteiger partial charge is 0.427 e. The molecule has 24 heavy (non-hydrogen) atoms. The van der Waals surface area contributed by atoms with E-state index in [4.69, 9.17) is 4.74 Å². The van der Waals surface area contributed by atoms with Gasteiger partial charge in [0, 0.05) is 12.5 Å². The predicted molar refractivity (Wildman–Crippen MR) is 95.6 cm³/mol. The molecule has 3 aromatic carbocycles. The van der Waals surface area contributed by atoms with E-state index in [9.17, 15) is 9.59 Å². The molecule has 0 spiro atoms. The zero-order chi connectivity index (χ0) is 17.3. The number of carbonyl (C=O) groups excluding carboxylic acids is 2. The van der Waals surface area contributed by atoms with E-state index in [1.807, 2.05) is 61.5 Å². The molecule has 122 valence electrons. The van der Waals surface area contributed by atoms with Crippen LogP contribution in [0.4, 0.5) is 0 Å². The maximum atomic E-state index is 12.3. The molecular formula is C20H19NO3. The van der Waals surface area contributed by atoms with Crippen LogP contribution in [0, 0.1) is 0 Å². The van der Waals surface area contributed by atoms with Crippen LogP contribution in [0.2, 0.25) is 0 Å². The van der Waals surface area contributed by atoms with Gasteiger partial charge < -0.3 is 9.64 Å². The summed E-state index contributed by atoms with van der Waals surface area (Å²) in [4.78, 5) is 25.4. The second-order valence-electron chi connectivity index (χ2n) is 6.14. The van der Waals surface area contributed by atoms with Gasteiger partial charge in [-0.25, -0.2) is 0 Å². The molecule has 0 fully saturated rings. The van der Waals surface area contributed by atoms with Gasteiger partial charge in [0.1, 0.15) is 5.75 Å². The summed E-state index contributed by atoms with van der Waals surface area (Å²) in [5, 5.41) is 4.02. The zero-order valence-electron chi connectivity index (χ0n) is 14.0. The number of fused-ring (bicyclic) bond motifs is 3. The first-order valence-corrected chi connectivity index (χ1v) is 7.77. The van der Waals surface area contributed by atoms with Crippen molar-refractivity contribution in [1.82, 2.24) is 4.90 Å². The van der Waals surface area contributed by atoms with Crippen LogP contribution in [0.25, 0.3) is 21.5 Å². The fourth-order valence-corrected chi connectivity index (χ4v) is 2.81. The molecule has 3 rings (SSSR count). The Labute approximate surface area is 140 Å². The van der Waals surface area contributed by atoms with E-state index >= 15 is 0 Å². The smallest absolute Gasteiger partial charge is 0.308 e. The lowest BCUT2D eigenvalue weighted by Crippen LogP contribution is -2.21. The molecule has 0 unspecified atom stereocenters. The van der Waals surface area contributed by atoms with Gasteiger partial charge in [-0.1, -0.05) is 30.3 Å². The van der Waals surface area contributed by atoms with Crippen LogP contribution in [0.3, 0.4) is 0 Å². The number of ether oxygens (including phenoxy) is 1. The molecule has 4 nitrogen and oxygen atoms in total. The molecular weight excluding hydrogens is 302 g/mol. The lowest BCUT2D eigenvalue weighted by Gasteiger charge is -2.10. The lowest BCUT2D eigenvalue weighted by molar-refractivity contribution is -0.131. The van der Waals surface area contributed by atoms with E-state index in [2.05, 4.69) is 0 Å². The van der Waals surface area contributed by atoms with E-state index in [0.717, 1.165) is 21.5 Å². The Morgan fingerprint density at radius 1 is 0.917 bits per heavy atom. The average Bonchev–Trinajstić information content (AvgIpc) is 2.53. The summed E-state index contributed by atoms with van der Waals surface area (Å²) in [6, 6.07) is 15.3. The Morgan fingerprint density at radius 3 is 2.12 bits per heavy atom. The molecule has 3 aromatic rings. The third-order valence-electron chi connectivity index (χ3n) is 3.85. The topological polar surface area (TPSA) is 46.6 Å². The molecule has 0 aliphatic carbocycles. The maximum absolute atomic E-state index is 12.3. The van der Waals surface area contributed by atoms with E-state index in [1.54, 1.807) is 6.07 Å². The van der Waals surface area contributed by atoms with Gasteiger partial charge in [0.2, 0.25) is 0 Å². The molecule has 4 heteroatoms. The standard InChI is InChI=1S/C20H19NO3/c1-13(22)24-17-9-8-15-5-4-14-6-7-16(20(23)12-21(2)3)10-18(14)19(15)11-17/h4-11H,12H2,1-3H3. The molecule has 0 N–H and O–H groups in total. The number of carbonyl (C=O) groups is 2. The van der Waals surface area contributed by atoms with Crippen LogP contribution in [0.1, 0.15) is 17.3 Å². The van der Waals surface area contributed by atoms with Crippen molar-refractivity contribution >= 4 is 33.3 Å². The number of esters is 1. The predicted octanol–water partition coefficient (Wildman–Crippen LogP) is 3.66. The Balaban J connectivity index is 2.16. The zero-order valence-corrected chi connectivity index (χ0v) is 14.0. The fraction of sp³-hybridized carbons (Fsp3) is 0.200. The molecule has 0 saturated carbocycles. The first-order chi connectivity index (χ1) is 11.4. The highest BCUT2D eigenvalue weighted by Crippen LogP contribution is 2.29. The molecule has 0 bridgehead atoms. The number of likely N-dealkylation sites (N-methyl/N-ethyl adjacent to an activating group) is 1. The first-order valence-electron chi connectivity index (χ1n) is 7.77. The molecule has 0 aliphatic heterocycles. The SMILES string of the molecule is CC(=O)Oc1ccc2ccc3ccc(C(=O)CN(C)C)cc3c2c1. The number of rotatable bonds is 4. The van der Waals surface area contributed by atoms with Crippen LogP contribution in [0.15, 0.2) is 48.5 Å². The van der Waals surface area contributed by atoms with Gasteiger partial charge >= 0.3 is 5.97 Å². The van der Waals surface area contributed by atoms with Gasteiger partial charge in [-0.05, 0) is 53.8 Å². The minimum atomic E-state index is -0.351. The molecule has 0 aliphatic rings. The third-order valence-corrected chi connectivity index (χ3v) is 3.85. The number of Topliss-reactive ketones (excluding diaryl/α,β-unsaturated/α-hetero) is 1. The number of hydrogen-bond donors (Lipinski definition) is 0. The van der Waals surface area contributed by atoms with Crippen molar-refractivity contribution in [2.75, 3.05) is 20.6 Å². The Hall–Kier alpha value is -2.72. The van der Waals surface area contributed by atoms with E-state index < -0.39 is 0 Å². The van der Waals surface area contributed by atoms with Crippen molar-refractivity contribution in [2.24, 2.45) is 0 Å². The normalized spacial score (nSPS) is 11.2. The lowest BCUT2D eigenvalue weighted by atomic mass is 9.98. The van der Waals surface area contributed by atoms with Crippen molar-refractivity contribution < 1.29 is 14.3 Å². The second kappa shape index (κ2) is 6.42. The minimum absolute atomic E-state index is 0.0787. The molecule has 0 atom stereocenters.